The molecule has 1 heterocycles. The molecule has 0 aromatic carbocycles. The van der Waals surface area contributed by atoms with Crippen molar-refractivity contribution in [3.05, 3.63) is 21.6 Å². The Kier molecular flexibility index (Phi) is 4.59. The van der Waals surface area contributed by atoms with Crippen LogP contribution in [0.3, 0.4) is 0 Å². The number of halogens is 1. The predicted molar refractivity (Wildman–Crippen MR) is 70.4 cm³/mol. The Morgan fingerprint density at radius 2 is 2.29 bits per heavy atom. The third-order valence-corrected chi connectivity index (χ3v) is 2.74. The normalized spacial score (nSPS) is 12.2. The summed E-state index contributed by atoms with van der Waals surface area (Å²) in [4.78, 5) is 11.9. The summed E-state index contributed by atoms with van der Waals surface area (Å²) < 4.78 is 1.34. The molecule has 0 fully saturated rings. The second-order valence-corrected chi connectivity index (χ2v) is 4.37. The average Bonchev–Trinajstić information content (AvgIpc) is 2.30. The summed E-state index contributed by atoms with van der Waals surface area (Å²) >= 11 is 6.00. The number of aromatic nitrogens is 2. The molecule has 0 aliphatic carbocycles. The molecule has 0 spiro atoms. The number of hydrogen-bond acceptors (Lipinski definition) is 3. The average molecular weight is 254 g/mol. The summed E-state index contributed by atoms with van der Waals surface area (Å²) in [5, 5.41) is 7.19. The van der Waals surface area contributed by atoms with Crippen molar-refractivity contribution in [3.63, 3.8) is 0 Å². The molecule has 0 bridgehead atoms. The van der Waals surface area contributed by atoms with Gasteiger partial charge in [0.1, 0.15) is 5.02 Å². The van der Waals surface area contributed by atoms with Gasteiger partial charge >= 0.3 is 0 Å². The van der Waals surface area contributed by atoms with Gasteiger partial charge in [0, 0.05) is 0 Å². The second-order valence-electron chi connectivity index (χ2n) is 3.99. The lowest BCUT2D eigenvalue weighted by Gasteiger charge is -2.15. The van der Waals surface area contributed by atoms with Gasteiger partial charge in [0.2, 0.25) is 0 Å². The highest BCUT2D eigenvalue weighted by atomic mass is 35.5. The van der Waals surface area contributed by atoms with Crippen molar-refractivity contribution in [2.75, 3.05) is 5.32 Å². The molecule has 1 aromatic heterocycles. The van der Waals surface area contributed by atoms with E-state index in [1.807, 2.05) is 20.8 Å². The Balaban J connectivity index is 3.10. The monoisotopic (exact) mass is 253 g/mol. The minimum Gasteiger partial charge on any atom is -0.369 e. The summed E-state index contributed by atoms with van der Waals surface area (Å²) in [5.41, 5.74) is 0.178. The summed E-state index contributed by atoms with van der Waals surface area (Å²) in [6.07, 6.45) is 7.62. The van der Waals surface area contributed by atoms with Crippen LogP contribution in [0.5, 0.6) is 0 Å². The maximum Gasteiger partial charge on any atom is 0.287 e. The van der Waals surface area contributed by atoms with Gasteiger partial charge in [-0.25, -0.2) is 4.68 Å². The number of anilines is 1. The van der Waals surface area contributed by atoms with Gasteiger partial charge in [-0.3, -0.25) is 4.79 Å². The third kappa shape index (κ3) is 3.01. The first kappa shape index (κ1) is 13.6. The number of hydrogen-bond donors (Lipinski definition) is 1. The summed E-state index contributed by atoms with van der Waals surface area (Å²) in [6.45, 7) is 5.69. The molecule has 0 saturated carbocycles. The van der Waals surface area contributed by atoms with Gasteiger partial charge < -0.3 is 5.32 Å². The van der Waals surface area contributed by atoms with Crippen molar-refractivity contribution >= 4 is 17.3 Å². The van der Waals surface area contributed by atoms with Crippen molar-refractivity contribution in [2.45, 2.75) is 39.3 Å². The van der Waals surface area contributed by atoms with Crippen molar-refractivity contribution in [1.29, 1.82) is 0 Å². The molecule has 1 N–H and O–H groups in total. The Hall–Kier alpha value is -1.47. The lowest BCUT2D eigenvalue weighted by Crippen LogP contribution is -2.27. The lowest BCUT2D eigenvalue weighted by atomic mass is 10.2. The van der Waals surface area contributed by atoms with E-state index in [-0.39, 0.29) is 22.7 Å². The molecule has 0 amide bonds. The maximum atomic E-state index is 11.9. The van der Waals surface area contributed by atoms with Crippen LogP contribution in [0.15, 0.2) is 11.0 Å². The van der Waals surface area contributed by atoms with E-state index in [0.717, 1.165) is 6.42 Å². The molecular formula is C12H16ClN3O. The van der Waals surface area contributed by atoms with E-state index in [2.05, 4.69) is 16.3 Å². The minimum absolute atomic E-state index is 0.0244. The van der Waals surface area contributed by atoms with Gasteiger partial charge in [-0.15, -0.1) is 6.42 Å². The van der Waals surface area contributed by atoms with Crippen molar-refractivity contribution in [3.8, 4) is 12.3 Å². The third-order valence-electron chi connectivity index (χ3n) is 2.37. The zero-order valence-electron chi connectivity index (χ0n) is 10.2. The largest absolute Gasteiger partial charge is 0.369 e. The number of terminal acetylenes is 1. The fourth-order valence-electron chi connectivity index (χ4n) is 1.36. The van der Waals surface area contributed by atoms with Crippen LogP contribution in [-0.4, -0.2) is 15.8 Å². The molecule has 0 saturated heterocycles. The number of rotatable bonds is 4. The molecule has 0 radical (unpaired) electrons. The SMILES string of the molecule is C#CC(CC)Nc1cnn(C(C)C)c(=O)c1Cl. The first-order valence-electron chi connectivity index (χ1n) is 5.51. The van der Waals surface area contributed by atoms with E-state index < -0.39 is 0 Å². The fraction of sp³-hybridized carbons (Fsp3) is 0.500. The van der Waals surface area contributed by atoms with Crippen molar-refractivity contribution < 1.29 is 0 Å². The summed E-state index contributed by atoms with van der Waals surface area (Å²) in [7, 11) is 0. The first-order valence-corrected chi connectivity index (χ1v) is 5.89. The number of nitrogens with zero attached hydrogens (tertiary/aromatic N) is 2. The van der Waals surface area contributed by atoms with E-state index in [1.165, 1.54) is 10.9 Å². The topological polar surface area (TPSA) is 46.9 Å². The lowest BCUT2D eigenvalue weighted by molar-refractivity contribution is 0.503. The van der Waals surface area contributed by atoms with Crippen molar-refractivity contribution in [1.82, 2.24) is 9.78 Å². The van der Waals surface area contributed by atoms with Gasteiger partial charge in [0.05, 0.1) is 24.0 Å². The predicted octanol–water partition coefficient (Wildman–Crippen LogP) is 2.30. The minimum atomic E-state index is -0.307. The molecule has 4 nitrogen and oxygen atoms in total. The van der Waals surface area contributed by atoms with Crippen LogP contribution in [0.2, 0.25) is 5.02 Å². The Bertz CT molecular complexity index is 488. The smallest absolute Gasteiger partial charge is 0.287 e. The van der Waals surface area contributed by atoms with Gasteiger partial charge in [-0.05, 0) is 20.3 Å². The summed E-state index contributed by atoms with van der Waals surface area (Å²) in [5.74, 6) is 2.58. The van der Waals surface area contributed by atoms with Gasteiger partial charge in [0.15, 0.2) is 0 Å². The van der Waals surface area contributed by atoms with Gasteiger partial charge in [-0.1, -0.05) is 24.4 Å². The van der Waals surface area contributed by atoms with Crippen LogP contribution < -0.4 is 10.9 Å². The van der Waals surface area contributed by atoms with Gasteiger partial charge in [0.25, 0.3) is 5.56 Å². The quantitative estimate of drug-likeness (QED) is 0.838. The Morgan fingerprint density at radius 1 is 1.65 bits per heavy atom. The second kappa shape index (κ2) is 5.74. The fourth-order valence-corrected chi connectivity index (χ4v) is 1.55. The van der Waals surface area contributed by atoms with E-state index in [4.69, 9.17) is 18.0 Å². The van der Waals surface area contributed by atoms with E-state index >= 15 is 0 Å². The van der Waals surface area contributed by atoms with Crippen LogP contribution in [0.25, 0.3) is 0 Å². The molecule has 1 rings (SSSR count). The van der Waals surface area contributed by atoms with Crippen LogP contribution in [-0.2, 0) is 0 Å². The highest BCUT2D eigenvalue weighted by Gasteiger charge is 2.12. The van der Waals surface area contributed by atoms with Crippen molar-refractivity contribution in [2.24, 2.45) is 0 Å². The van der Waals surface area contributed by atoms with E-state index in [1.54, 1.807) is 0 Å². The molecule has 5 heteroatoms. The molecule has 1 aromatic rings. The molecule has 17 heavy (non-hydrogen) atoms. The van der Waals surface area contributed by atoms with Crippen LogP contribution >= 0.6 is 11.6 Å². The Labute approximate surface area is 106 Å². The maximum absolute atomic E-state index is 11.9. The van der Waals surface area contributed by atoms with Crippen LogP contribution in [0, 0.1) is 12.3 Å². The molecule has 0 aliphatic heterocycles. The summed E-state index contributed by atoms with van der Waals surface area (Å²) in [6, 6.07) is -0.174. The molecule has 1 unspecified atom stereocenters. The van der Waals surface area contributed by atoms with Gasteiger partial charge in [-0.2, -0.15) is 5.10 Å². The van der Waals surface area contributed by atoms with Crippen LogP contribution in [0.4, 0.5) is 5.69 Å². The highest BCUT2D eigenvalue weighted by Crippen LogP contribution is 2.17. The number of nitrogens with one attached hydrogen (secondary N) is 1. The molecule has 92 valence electrons. The highest BCUT2D eigenvalue weighted by molar-refractivity contribution is 6.32. The first-order chi connectivity index (χ1) is 8.01. The zero-order chi connectivity index (χ0) is 13.0. The Morgan fingerprint density at radius 3 is 2.76 bits per heavy atom. The zero-order valence-corrected chi connectivity index (χ0v) is 11.0. The molecule has 0 aliphatic rings. The molecule has 1 atom stereocenters. The standard InChI is InChI=1S/C12H16ClN3O/c1-5-9(6-2)15-10-7-14-16(8(3)4)12(17)11(10)13/h1,7-9,15H,6H2,2-4H3. The van der Waals surface area contributed by atoms with Crippen LogP contribution in [0.1, 0.15) is 33.2 Å². The van der Waals surface area contributed by atoms with E-state index in [9.17, 15) is 4.79 Å². The molecular weight excluding hydrogens is 238 g/mol. The van der Waals surface area contributed by atoms with E-state index in [0.29, 0.717) is 5.69 Å².